The summed E-state index contributed by atoms with van der Waals surface area (Å²) in [6.45, 7) is 2.42. The maximum atomic E-state index is 3.51. The van der Waals surface area contributed by atoms with Crippen LogP contribution in [0.5, 0.6) is 0 Å². The molecule has 1 fully saturated rings. The molecule has 1 saturated carbocycles. The molecular weight excluding hydrogens is 293 g/mol. The molecule has 0 aromatic heterocycles. The van der Waals surface area contributed by atoms with Crippen molar-refractivity contribution < 1.29 is 0 Å². The molecule has 0 aromatic carbocycles. The second-order valence-corrected chi connectivity index (χ2v) is 6.35. The summed E-state index contributed by atoms with van der Waals surface area (Å²) in [5, 5.41) is 3.51. The Bertz CT molecular complexity index is 115. The molecule has 1 rings (SSSR count). The molecule has 13 heavy (non-hydrogen) atoms. The van der Waals surface area contributed by atoms with E-state index >= 15 is 0 Å². The lowest BCUT2D eigenvalue weighted by Gasteiger charge is -2.21. The molecule has 0 heterocycles. The number of halogens is 1. The largest absolute Gasteiger partial charge is 0.316 e. The first-order chi connectivity index (χ1) is 6.43. The topological polar surface area (TPSA) is 12.0 Å². The van der Waals surface area contributed by atoms with Gasteiger partial charge < -0.3 is 5.32 Å². The Balaban J connectivity index is 1.86. The first-order valence-corrected chi connectivity index (χ1v) is 8.90. The van der Waals surface area contributed by atoms with Crippen LogP contribution in [0.4, 0.5) is 0 Å². The van der Waals surface area contributed by atoms with E-state index in [4.69, 9.17) is 0 Å². The molecule has 0 amide bonds. The van der Waals surface area contributed by atoms with Crippen molar-refractivity contribution in [1.29, 1.82) is 0 Å². The third kappa shape index (κ3) is 6.18. The highest BCUT2D eigenvalue weighted by Gasteiger charge is 2.12. The van der Waals surface area contributed by atoms with Crippen LogP contribution < -0.4 is 5.32 Å². The molecule has 1 aliphatic carbocycles. The van der Waals surface area contributed by atoms with E-state index < -0.39 is 0 Å². The van der Waals surface area contributed by atoms with Gasteiger partial charge >= 0.3 is 0 Å². The summed E-state index contributed by atoms with van der Waals surface area (Å²) in [7, 11) is 1.90. The fraction of sp³-hybridized carbons (Fsp3) is 1.00. The van der Waals surface area contributed by atoms with E-state index in [2.05, 4.69) is 26.5 Å². The number of hydrogen-bond donors (Lipinski definition) is 1. The van der Waals surface area contributed by atoms with E-state index in [9.17, 15) is 0 Å². The summed E-state index contributed by atoms with van der Waals surface area (Å²) < 4.78 is 0. The van der Waals surface area contributed by atoms with Crippen molar-refractivity contribution in [2.24, 2.45) is 5.92 Å². The van der Waals surface area contributed by atoms with Crippen molar-refractivity contribution in [2.45, 2.75) is 38.5 Å². The zero-order chi connectivity index (χ0) is 9.36. The molecule has 1 nitrogen and oxygen atoms in total. The molecular formula is C10H20INS. The molecule has 0 unspecified atom stereocenters. The van der Waals surface area contributed by atoms with E-state index in [1.54, 1.807) is 0 Å². The predicted molar refractivity (Wildman–Crippen MR) is 70.5 cm³/mol. The number of hydrogen-bond acceptors (Lipinski definition) is 2. The SMILES string of the molecule is ISCCNCCC1CCCCC1. The van der Waals surface area contributed by atoms with Gasteiger partial charge in [0.2, 0.25) is 0 Å². The lowest BCUT2D eigenvalue weighted by molar-refractivity contribution is 0.335. The monoisotopic (exact) mass is 313 g/mol. The Kier molecular flexibility index (Phi) is 7.79. The lowest BCUT2D eigenvalue weighted by Crippen LogP contribution is -2.21. The average Bonchev–Trinajstić information content (AvgIpc) is 2.19. The van der Waals surface area contributed by atoms with Gasteiger partial charge in [0, 0.05) is 12.3 Å². The van der Waals surface area contributed by atoms with Crippen LogP contribution in [0.25, 0.3) is 0 Å². The van der Waals surface area contributed by atoms with Crippen LogP contribution in [0, 0.1) is 5.92 Å². The zero-order valence-electron chi connectivity index (χ0n) is 8.23. The summed E-state index contributed by atoms with van der Waals surface area (Å²) in [4.78, 5) is 0. The molecule has 0 aliphatic heterocycles. The Morgan fingerprint density at radius 3 is 2.62 bits per heavy atom. The van der Waals surface area contributed by atoms with Gasteiger partial charge in [-0.25, -0.2) is 0 Å². The lowest BCUT2D eigenvalue weighted by atomic mass is 9.87. The fourth-order valence-electron chi connectivity index (χ4n) is 2.02. The van der Waals surface area contributed by atoms with Crippen LogP contribution in [0.1, 0.15) is 38.5 Å². The fourth-order valence-corrected chi connectivity index (χ4v) is 2.90. The standard InChI is InChI=1S/C10H20INS/c11-13-9-8-12-7-6-10-4-2-1-3-5-10/h10,12H,1-9H2. The van der Waals surface area contributed by atoms with Crippen molar-refractivity contribution in [2.75, 3.05) is 18.8 Å². The maximum absolute atomic E-state index is 3.51. The Morgan fingerprint density at radius 2 is 1.92 bits per heavy atom. The van der Waals surface area contributed by atoms with Crippen molar-refractivity contribution >= 4 is 30.1 Å². The normalized spacial score (nSPS) is 19.2. The highest BCUT2D eigenvalue weighted by Crippen LogP contribution is 2.25. The summed E-state index contributed by atoms with van der Waals surface area (Å²) in [5.41, 5.74) is 0. The number of rotatable bonds is 6. The third-order valence-corrected chi connectivity index (χ3v) is 4.49. The molecule has 1 aliphatic rings. The smallest absolute Gasteiger partial charge is 0.0159 e. The molecule has 78 valence electrons. The van der Waals surface area contributed by atoms with E-state index in [-0.39, 0.29) is 0 Å². The van der Waals surface area contributed by atoms with Gasteiger partial charge in [-0.2, -0.15) is 0 Å². The first kappa shape index (κ1) is 12.1. The highest BCUT2D eigenvalue weighted by atomic mass is 127. The first-order valence-electron chi connectivity index (χ1n) is 5.37. The minimum atomic E-state index is 1.04. The Hall–Kier alpha value is 1.04. The highest BCUT2D eigenvalue weighted by molar-refractivity contribution is 14.2. The van der Waals surface area contributed by atoms with E-state index in [1.807, 2.05) is 8.93 Å². The van der Waals surface area contributed by atoms with Crippen LogP contribution >= 0.6 is 30.1 Å². The quantitative estimate of drug-likeness (QED) is 0.594. The van der Waals surface area contributed by atoms with E-state index in [1.165, 1.54) is 57.4 Å². The predicted octanol–water partition coefficient (Wildman–Crippen LogP) is 3.63. The molecule has 0 spiro atoms. The molecule has 0 bridgehead atoms. The van der Waals surface area contributed by atoms with Crippen molar-refractivity contribution in [3.05, 3.63) is 0 Å². The van der Waals surface area contributed by atoms with Crippen LogP contribution in [0.3, 0.4) is 0 Å². The third-order valence-electron chi connectivity index (χ3n) is 2.81. The minimum absolute atomic E-state index is 1.04. The summed E-state index contributed by atoms with van der Waals surface area (Å²) in [5.74, 6) is 2.28. The second kappa shape index (κ2) is 8.36. The van der Waals surface area contributed by atoms with Crippen LogP contribution in [0.2, 0.25) is 0 Å². The molecule has 0 radical (unpaired) electrons. The van der Waals surface area contributed by atoms with Gasteiger partial charge in [-0.1, -0.05) is 41.0 Å². The van der Waals surface area contributed by atoms with Gasteiger partial charge in [-0.15, -0.1) is 0 Å². The molecule has 3 heteroatoms. The Labute approximate surface area is 98.4 Å². The van der Waals surface area contributed by atoms with Gasteiger partial charge in [-0.3, -0.25) is 0 Å². The summed E-state index contributed by atoms with van der Waals surface area (Å²) >= 11 is 2.36. The average molecular weight is 313 g/mol. The second-order valence-electron chi connectivity index (χ2n) is 3.86. The minimum Gasteiger partial charge on any atom is -0.316 e. The van der Waals surface area contributed by atoms with Crippen LogP contribution in [-0.2, 0) is 0 Å². The zero-order valence-corrected chi connectivity index (χ0v) is 11.2. The number of nitrogens with one attached hydrogen (secondary N) is 1. The summed E-state index contributed by atoms with van der Waals surface area (Å²) in [6.07, 6.45) is 8.83. The summed E-state index contributed by atoms with van der Waals surface area (Å²) in [6, 6.07) is 0. The van der Waals surface area contributed by atoms with Gasteiger partial charge in [-0.05, 0) is 40.1 Å². The van der Waals surface area contributed by atoms with Crippen molar-refractivity contribution in [1.82, 2.24) is 5.32 Å². The van der Waals surface area contributed by atoms with Gasteiger partial charge in [0.25, 0.3) is 0 Å². The van der Waals surface area contributed by atoms with Crippen molar-refractivity contribution in [3.8, 4) is 0 Å². The Morgan fingerprint density at radius 1 is 1.15 bits per heavy atom. The van der Waals surface area contributed by atoms with Crippen LogP contribution in [0.15, 0.2) is 0 Å². The molecule has 1 N–H and O–H groups in total. The van der Waals surface area contributed by atoms with Gasteiger partial charge in [0.15, 0.2) is 0 Å². The molecule has 0 saturated heterocycles. The molecule has 0 atom stereocenters. The maximum Gasteiger partial charge on any atom is 0.0159 e. The van der Waals surface area contributed by atoms with Crippen LogP contribution in [-0.4, -0.2) is 18.8 Å². The van der Waals surface area contributed by atoms with E-state index in [0.717, 1.165) is 5.92 Å². The molecule has 0 aromatic rings. The van der Waals surface area contributed by atoms with Crippen molar-refractivity contribution in [3.63, 3.8) is 0 Å². The van der Waals surface area contributed by atoms with Gasteiger partial charge in [0.05, 0.1) is 0 Å². The van der Waals surface area contributed by atoms with Gasteiger partial charge in [0.1, 0.15) is 0 Å². The van der Waals surface area contributed by atoms with E-state index in [0.29, 0.717) is 0 Å².